The zero-order chi connectivity index (χ0) is 17.5. The third kappa shape index (κ3) is 4.52. The van der Waals surface area contributed by atoms with Crippen LogP contribution in [0.1, 0.15) is 26.3 Å². The molecule has 0 bridgehead atoms. The molecule has 0 aromatic heterocycles. The molecule has 0 radical (unpaired) electrons. The highest BCUT2D eigenvalue weighted by atomic mass is 19.3. The fourth-order valence-corrected chi connectivity index (χ4v) is 2.10. The van der Waals surface area contributed by atoms with Crippen molar-refractivity contribution in [3.05, 3.63) is 65.2 Å². The van der Waals surface area contributed by atoms with Crippen LogP contribution in [0.2, 0.25) is 0 Å². The Bertz CT molecular complexity index is 735. The van der Waals surface area contributed by atoms with Gasteiger partial charge in [0.05, 0.1) is 5.56 Å². The number of halogens is 2. The highest BCUT2D eigenvalue weighted by Gasteiger charge is 2.15. The topological polar surface area (TPSA) is 67.4 Å². The molecule has 0 spiro atoms. The third-order valence-electron chi connectivity index (χ3n) is 3.22. The van der Waals surface area contributed by atoms with Crippen LogP contribution in [-0.4, -0.2) is 25.5 Å². The number of rotatable bonds is 6. The second kappa shape index (κ2) is 8.05. The number of benzene rings is 2. The summed E-state index contributed by atoms with van der Waals surface area (Å²) in [6.45, 7) is -2.87. The zero-order valence-corrected chi connectivity index (χ0v) is 12.9. The Morgan fingerprint density at radius 1 is 1.08 bits per heavy atom. The van der Waals surface area contributed by atoms with E-state index in [1.165, 1.54) is 25.2 Å². The second-order valence-corrected chi connectivity index (χ2v) is 4.84. The molecule has 2 aromatic rings. The summed E-state index contributed by atoms with van der Waals surface area (Å²) < 4.78 is 29.1. The van der Waals surface area contributed by atoms with Crippen molar-refractivity contribution in [1.82, 2.24) is 10.6 Å². The van der Waals surface area contributed by atoms with Crippen molar-refractivity contribution in [3.63, 3.8) is 0 Å². The number of amides is 2. The van der Waals surface area contributed by atoms with Crippen LogP contribution in [0.3, 0.4) is 0 Å². The van der Waals surface area contributed by atoms with Crippen molar-refractivity contribution in [2.75, 3.05) is 7.05 Å². The van der Waals surface area contributed by atoms with Crippen molar-refractivity contribution in [3.8, 4) is 5.75 Å². The predicted molar refractivity (Wildman–Crippen MR) is 84.1 cm³/mol. The van der Waals surface area contributed by atoms with Gasteiger partial charge in [-0.25, -0.2) is 0 Å². The summed E-state index contributed by atoms with van der Waals surface area (Å²) in [6.07, 6.45) is 0. The molecule has 2 amide bonds. The standard InChI is InChI=1S/C17H16F2N2O3/c1-20-15(22)12-6-4-5-11(9-12)10-21-16(23)13-7-2-3-8-14(13)24-17(18)19/h2-9,17H,10H2,1H3,(H,20,22)(H,21,23). The van der Waals surface area contributed by atoms with E-state index in [9.17, 15) is 18.4 Å². The number of alkyl halides is 2. The van der Waals surface area contributed by atoms with Gasteiger partial charge in [-0.05, 0) is 29.8 Å². The first-order chi connectivity index (χ1) is 11.5. The van der Waals surface area contributed by atoms with Crippen molar-refractivity contribution in [2.24, 2.45) is 0 Å². The summed E-state index contributed by atoms with van der Waals surface area (Å²) in [6, 6.07) is 12.5. The molecule has 0 unspecified atom stereocenters. The summed E-state index contributed by atoms with van der Waals surface area (Å²) >= 11 is 0. The molecule has 0 atom stereocenters. The van der Waals surface area contributed by atoms with Crippen LogP contribution in [0.4, 0.5) is 8.78 Å². The van der Waals surface area contributed by atoms with E-state index in [1.54, 1.807) is 30.3 Å². The lowest BCUT2D eigenvalue weighted by atomic mass is 10.1. The van der Waals surface area contributed by atoms with Crippen LogP contribution in [-0.2, 0) is 6.54 Å². The second-order valence-electron chi connectivity index (χ2n) is 4.84. The Hall–Kier alpha value is -2.96. The van der Waals surface area contributed by atoms with Gasteiger partial charge in [-0.1, -0.05) is 24.3 Å². The first kappa shape index (κ1) is 17.4. The minimum atomic E-state index is -3.01. The highest BCUT2D eigenvalue weighted by molar-refractivity contribution is 5.97. The van der Waals surface area contributed by atoms with E-state index < -0.39 is 12.5 Å². The normalized spacial score (nSPS) is 10.3. The van der Waals surface area contributed by atoms with Gasteiger partial charge in [0.15, 0.2) is 0 Å². The van der Waals surface area contributed by atoms with Crippen molar-refractivity contribution >= 4 is 11.8 Å². The Balaban J connectivity index is 2.07. The van der Waals surface area contributed by atoms with Gasteiger partial charge in [0.1, 0.15) is 5.75 Å². The summed E-state index contributed by atoms with van der Waals surface area (Å²) in [5.41, 5.74) is 1.18. The molecule has 0 aliphatic carbocycles. The van der Waals surface area contributed by atoms with Gasteiger partial charge in [-0.2, -0.15) is 8.78 Å². The van der Waals surface area contributed by atoms with E-state index >= 15 is 0 Å². The fraction of sp³-hybridized carbons (Fsp3) is 0.176. The molecule has 0 aliphatic rings. The predicted octanol–water partition coefficient (Wildman–Crippen LogP) is 2.58. The number of carbonyl (C=O) groups excluding carboxylic acids is 2. The van der Waals surface area contributed by atoms with Crippen molar-refractivity contribution < 1.29 is 23.1 Å². The van der Waals surface area contributed by atoms with E-state index in [4.69, 9.17) is 0 Å². The lowest BCUT2D eigenvalue weighted by Gasteiger charge is -2.11. The summed E-state index contributed by atoms with van der Waals surface area (Å²) in [4.78, 5) is 23.8. The number of para-hydroxylation sites is 1. The molecule has 7 heteroatoms. The number of hydrogen-bond acceptors (Lipinski definition) is 3. The van der Waals surface area contributed by atoms with Crippen LogP contribution in [0, 0.1) is 0 Å². The van der Waals surface area contributed by atoms with E-state index in [0.29, 0.717) is 11.1 Å². The van der Waals surface area contributed by atoms with E-state index in [0.717, 1.165) is 0 Å². The molecule has 24 heavy (non-hydrogen) atoms. The van der Waals surface area contributed by atoms with Crippen LogP contribution in [0.15, 0.2) is 48.5 Å². The zero-order valence-electron chi connectivity index (χ0n) is 12.9. The largest absolute Gasteiger partial charge is 0.434 e. The summed E-state index contributed by atoms with van der Waals surface area (Å²) in [5.74, 6) is -0.973. The van der Waals surface area contributed by atoms with E-state index in [2.05, 4.69) is 15.4 Å². The average molecular weight is 334 g/mol. The third-order valence-corrected chi connectivity index (χ3v) is 3.22. The molecule has 0 saturated carbocycles. The monoisotopic (exact) mass is 334 g/mol. The quantitative estimate of drug-likeness (QED) is 0.853. The molecule has 0 fully saturated rings. The molecule has 5 nitrogen and oxygen atoms in total. The fourth-order valence-electron chi connectivity index (χ4n) is 2.10. The average Bonchev–Trinajstić information content (AvgIpc) is 2.59. The first-order valence-electron chi connectivity index (χ1n) is 7.14. The maximum Gasteiger partial charge on any atom is 0.387 e. The Morgan fingerprint density at radius 3 is 2.54 bits per heavy atom. The number of ether oxygens (including phenoxy) is 1. The number of nitrogens with one attached hydrogen (secondary N) is 2. The van der Waals surface area contributed by atoms with Gasteiger partial charge in [0.25, 0.3) is 11.8 Å². The minimum absolute atomic E-state index is 0.0141. The molecule has 0 saturated heterocycles. The van der Waals surface area contributed by atoms with Gasteiger partial charge in [-0.3, -0.25) is 9.59 Å². The molecule has 126 valence electrons. The minimum Gasteiger partial charge on any atom is -0.434 e. The molecule has 2 rings (SSSR count). The highest BCUT2D eigenvalue weighted by Crippen LogP contribution is 2.20. The summed E-state index contributed by atoms with van der Waals surface area (Å²) in [7, 11) is 1.52. The van der Waals surface area contributed by atoms with Gasteiger partial charge in [-0.15, -0.1) is 0 Å². The molecule has 0 aliphatic heterocycles. The Labute approximate surface area is 137 Å². The SMILES string of the molecule is CNC(=O)c1cccc(CNC(=O)c2ccccc2OC(F)F)c1. The van der Waals surface area contributed by atoms with Gasteiger partial charge < -0.3 is 15.4 Å². The summed E-state index contributed by atoms with van der Waals surface area (Å²) in [5, 5.41) is 5.13. The smallest absolute Gasteiger partial charge is 0.387 e. The Morgan fingerprint density at radius 2 is 1.83 bits per heavy atom. The van der Waals surface area contributed by atoms with Gasteiger partial charge in [0.2, 0.25) is 0 Å². The molecule has 2 N–H and O–H groups in total. The van der Waals surface area contributed by atoms with Crippen molar-refractivity contribution in [1.29, 1.82) is 0 Å². The van der Waals surface area contributed by atoms with Gasteiger partial charge in [0, 0.05) is 19.2 Å². The Kier molecular flexibility index (Phi) is 5.83. The lowest BCUT2D eigenvalue weighted by molar-refractivity contribution is -0.0501. The number of hydrogen-bond donors (Lipinski definition) is 2. The molecular formula is C17H16F2N2O3. The van der Waals surface area contributed by atoms with E-state index in [1.807, 2.05) is 0 Å². The number of carbonyl (C=O) groups is 2. The lowest BCUT2D eigenvalue weighted by Crippen LogP contribution is -2.24. The van der Waals surface area contributed by atoms with Crippen LogP contribution < -0.4 is 15.4 Å². The van der Waals surface area contributed by atoms with Gasteiger partial charge >= 0.3 is 6.61 Å². The van der Waals surface area contributed by atoms with Crippen LogP contribution in [0.25, 0.3) is 0 Å². The molecule has 0 heterocycles. The van der Waals surface area contributed by atoms with E-state index in [-0.39, 0.29) is 23.8 Å². The molecule has 2 aromatic carbocycles. The van der Waals surface area contributed by atoms with Crippen molar-refractivity contribution in [2.45, 2.75) is 13.2 Å². The maximum absolute atomic E-state index is 12.4. The molecular weight excluding hydrogens is 318 g/mol. The van der Waals surface area contributed by atoms with Crippen LogP contribution >= 0.6 is 0 Å². The maximum atomic E-state index is 12.4. The first-order valence-corrected chi connectivity index (χ1v) is 7.14. The van der Waals surface area contributed by atoms with Crippen LogP contribution in [0.5, 0.6) is 5.75 Å².